The van der Waals surface area contributed by atoms with Crippen molar-refractivity contribution >= 4 is 28.6 Å². The summed E-state index contributed by atoms with van der Waals surface area (Å²) in [6.07, 6.45) is 3.91. The van der Waals surface area contributed by atoms with Crippen LogP contribution in [-0.4, -0.2) is 69.9 Å². The van der Waals surface area contributed by atoms with Crippen LogP contribution in [-0.2, 0) is 12.6 Å². The van der Waals surface area contributed by atoms with Gasteiger partial charge in [0, 0.05) is 59.0 Å². The highest BCUT2D eigenvalue weighted by Gasteiger charge is 2.35. The number of nitrogens with one attached hydrogen (secondary N) is 3. The number of thioether (sulfide) groups is 1. The van der Waals surface area contributed by atoms with Gasteiger partial charge in [-0.1, -0.05) is 0 Å². The maximum atomic E-state index is 16.4. The van der Waals surface area contributed by atoms with E-state index in [2.05, 4.69) is 20.2 Å². The number of aromatic amines is 1. The molecule has 9 nitrogen and oxygen atoms in total. The molecule has 1 aliphatic heterocycles. The number of nitrogens with two attached hydrogens (primary N) is 2. The van der Waals surface area contributed by atoms with Gasteiger partial charge in [-0.25, -0.2) is 9.18 Å². The number of alkyl halides is 4. The van der Waals surface area contributed by atoms with Crippen molar-refractivity contribution in [1.82, 2.24) is 24.8 Å². The molecule has 3 heterocycles. The lowest BCUT2D eigenvalue weighted by atomic mass is 9.88. The Kier molecular flexibility index (Phi) is 13.2. The Balaban J connectivity index is 1.48. The number of aryl methyl sites for hydroxylation is 1. The van der Waals surface area contributed by atoms with Gasteiger partial charge >= 0.3 is 11.9 Å². The SMILES string of the molecule is CSc1cc(-n2cc3cc(-c4cc(CCC[C@H](C)N)cc(C(F)(F)F)c4)[nH]c3nc2=O)cc(F)c1[C@@H]1CCC[C@@H](CCNC(=N)CN)N1CCCF. The highest BCUT2D eigenvalue weighted by molar-refractivity contribution is 7.98. The summed E-state index contributed by atoms with van der Waals surface area (Å²) in [7, 11) is 0. The average Bonchev–Trinajstić information content (AvgIpc) is 3.52. The molecular weight excluding hydrogens is 700 g/mol. The van der Waals surface area contributed by atoms with Crippen molar-refractivity contribution in [3.8, 4) is 16.9 Å². The lowest BCUT2D eigenvalue weighted by Gasteiger charge is -2.43. The van der Waals surface area contributed by atoms with Gasteiger partial charge < -0.3 is 21.8 Å². The van der Waals surface area contributed by atoms with Gasteiger partial charge in [0.1, 0.15) is 17.3 Å². The van der Waals surface area contributed by atoms with Crippen molar-refractivity contribution in [2.75, 3.05) is 32.6 Å². The van der Waals surface area contributed by atoms with E-state index in [9.17, 15) is 22.4 Å². The summed E-state index contributed by atoms with van der Waals surface area (Å²) in [5, 5.41) is 11.3. The molecule has 1 aliphatic rings. The molecule has 1 fully saturated rings. The first-order chi connectivity index (χ1) is 24.8. The zero-order valence-corrected chi connectivity index (χ0v) is 30.3. The summed E-state index contributed by atoms with van der Waals surface area (Å²) >= 11 is 1.35. The molecule has 0 saturated carbocycles. The molecule has 4 aromatic rings. The number of hydrogen-bond acceptors (Lipinski definition) is 7. The molecule has 0 radical (unpaired) electrons. The van der Waals surface area contributed by atoms with Crippen molar-refractivity contribution in [3.05, 3.63) is 75.6 Å². The largest absolute Gasteiger partial charge is 0.416 e. The third kappa shape index (κ3) is 9.41. The van der Waals surface area contributed by atoms with E-state index in [0.29, 0.717) is 84.3 Å². The number of piperidine rings is 1. The number of H-pyrrole nitrogens is 1. The molecule has 0 amide bonds. The predicted molar refractivity (Wildman–Crippen MR) is 198 cm³/mol. The van der Waals surface area contributed by atoms with Crippen LogP contribution in [0.15, 0.2) is 52.3 Å². The quantitative estimate of drug-likeness (QED) is 0.0378. The van der Waals surface area contributed by atoms with E-state index in [0.717, 1.165) is 25.0 Å². The summed E-state index contributed by atoms with van der Waals surface area (Å²) in [4.78, 5) is 23.3. The predicted octanol–water partition coefficient (Wildman–Crippen LogP) is 7.10. The van der Waals surface area contributed by atoms with Crippen LogP contribution in [0, 0.1) is 11.2 Å². The standard InChI is InChI=1S/C37H47F5N8OS/c1-22(44)6-3-7-23-14-24(16-26(15-23)37(40,41)42)30-17-25-21-50(36(51)48-35(25)47-30)28-18-29(39)34(32(19-28)52-2)31-9-4-8-27(49(31)13-5-11-38)10-12-46-33(45)20-43/h14-19,21-22,27,31H,3-13,20,43-44H2,1-2H3,(H2,45,46)(H,47,48,51)/t22-,27-,31-/m0/s1. The second-order valence-electron chi connectivity index (χ2n) is 13.5. The smallest absolute Gasteiger partial charge is 0.373 e. The Morgan fingerprint density at radius 2 is 1.96 bits per heavy atom. The van der Waals surface area contributed by atoms with Crippen LogP contribution in [0.1, 0.15) is 74.6 Å². The van der Waals surface area contributed by atoms with Crippen molar-refractivity contribution < 1.29 is 22.0 Å². The molecule has 7 N–H and O–H groups in total. The fourth-order valence-corrected chi connectivity index (χ4v) is 7.82. The molecular formula is C37H47F5N8OS. The Labute approximate surface area is 304 Å². The van der Waals surface area contributed by atoms with E-state index in [1.807, 2.05) is 13.2 Å². The fraction of sp³-hybridized carbons (Fsp3) is 0.486. The highest BCUT2D eigenvalue weighted by atomic mass is 32.2. The van der Waals surface area contributed by atoms with E-state index in [1.54, 1.807) is 18.2 Å². The van der Waals surface area contributed by atoms with Gasteiger partial charge in [-0.2, -0.15) is 18.2 Å². The number of fused-ring (bicyclic) bond motifs is 1. The third-order valence-corrected chi connectivity index (χ3v) is 10.4. The van der Waals surface area contributed by atoms with Crippen LogP contribution >= 0.6 is 11.8 Å². The Morgan fingerprint density at radius 3 is 2.65 bits per heavy atom. The number of nitrogens with zero attached hydrogens (tertiary/aromatic N) is 3. The molecule has 282 valence electrons. The highest BCUT2D eigenvalue weighted by Crippen LogP contribution is 2.42. The lowest BCUT2D eigenvalue weighted by Crippen LogP contribution is -2.45. The van der Waals surface area contributed by atoms with E-state index in [-0.39, 0.29) is 41.8 Å². The fourth-order valence-electron chi connectivity index (χ4n) is 7.12. The zero-order valence-electron chi connectivity index (χ0n) is 29.5. The Bertz CT molecular complexity index is 1910. The van der Waals surface area contributed by atoms with Gasteiger partial charge in [0.05, 0.1) is 24.5 Å². The molecule has 0 spiro atoms. The van der Waals surface area contributed by atoms with E-state index in [1.165, 1.54) is 28.6 Å². The van der Waals surface area contributed by atoms with Crippen LogP contribution in [0.4, 0.5) is 22.0 Å². The van der Waals surface area contributed by atoms with Crippen LogP contribution in [0.2, 0.25) is 0 Å². The van der Waals surface area contributed by atoms with Gasteiger partial charge in [-0.15, -0.1) is 11.8 Å². The van der Waals surface area contributed by atoms with E-state index >= 15 is 4.39 Å². The number of likely N-dealkylation sites (tertiary alicyclic amines) is 1. The zero-order chi connectivity index (χ0) is 37.6. The summed E-state index contributed by atoms with van der Waals surface area (Å²) in [5.74, 6) is -0.260. The average molecular weight is 747 g/mol. The van der Waals surface area contributed by atoms with Crippen molar-refractivity contribution in [3.63, 3.8) is 0 Å². The molecule has 1 saturated heterocycles. The molecule has 15 heteroatoms. The molecule has 52 heavy (non-hydrogen) atoms. The molecule has 0 bridgehead atoms. The minimum atomic E-state index is -4.55. The number of rotatable bonds is 15. The van der Waals surface area contributed by atoms with Gasteiger partial charge in [0.15, 0.2) is 0 Å². The van der Waals surface area contributed by atoms with Gasteiger partial charge in [0.2, 0.25) is 0 Å². The van der Waals surface area contributed by atoms with Crippen LogP contribution in [0.3, 0.4) is 0 Å². The number of amidine groups is 1. The number of hydrogen-bond donors (Lipinski definition) is 5. The first-order valence-corrected chi connectivity index (χ1v) is 18.9. The number of halogens is 5. The Hall–Kier alpha value is -3.79. The maximum absolute atomic E-state index is 16.4. The monoisotopic (exact) mass is 746 g/mol. The first kappa shape index (κ1) is 39.4. The summed E-state index contributed by atoms with van der Waals surface area (Å²) in [6.45, 7) is 2.44. The van der Waals surface area contributed by atoms with Crippen LogP contribution < -0.4 is 22.5 Å². The van der Waals surface area contributed by atoms with Crippen molar-refractivity contribution in [2.45, 2.75) is 87.5 Å². The number of benzene rings is 2. The normalized spacial score (nSPS) is 17.5. The first-order valence-electron chi connectivity index (χ1n) is 17.6. The van der Waals surface area contributed by atoms with Gasteiger partial charge in [-0.05, 0) is 112 Å². The van der Waals surface area contributed by atoms with Gasteiger partial charge in [-0.3, -0.25) is 19.3 Å². The summed E-state index contributed by atoms with van der Waals surface area (Å²) < 4.78 is 72.7. The minimum absolute atomic E-state index is 0.0525. The van der Waals surface area contributed by atoms with Crippen LogP contribution in [0.5, 0.6) is 0 Å². The van der Waals surface area contributed by atoms with E-state index in [4.69, 9.17) is 16.9 Å². The molecule has 0 unspecified atom stereocenters. The molecule has 2 aromatic carbocycles. The number of aromatic nitrogens is 3. The Morgan fingerprint density at radius 1 is 1.17 bits per heavy atom. The topological polar surface area (TPSA) is 142 Å². The maximum Gasteiger partial charge on any atom is 0.416 e. The van der Waals surface area contributed by atoms with Crippen molar-refractivity contribution in [1.29, 1.82) is 5.41 Å². The second-order valence-corrected chi connectivity index (χ2v) is 14.3. The molecule has 5 rings (SSSR count). The molecule has 0 aliphatic carbocycles. The van der Waals surface area contributed by atoms with Crippen molar-refractivity contribution in [2.24, 2.45) is 11.5 Å². The molecule has 3 atom stereocenters. The van der Waals surface area contributed by atoms with Crippen LogP contribution in [0.25, 0.3) is 28.0 Å². The third-order valence-electron chi connectivity index (χ3n) is 9.63. The van der Waals surface area contributed by atoms with E-state index < -0.39 is 29.9 Å². The van der Waals surface area contributed by atoms with Gasteiger partial charge in [0.25, 0.3) is 0 Å². The lowest BCUT2D eigenvalue weighted by molar-refractivity contribution is -0.137. The minimum Gasteiger partial charge on any atom is -0.373 e. The summed E-state index contributed by atoms with van der Waals surface area (Å²) in [6, 6.07) is 8.28. The summed E-state index contributed by atoms with van der Waals surface area (Å²) in [5.41, 5.74) is 12.1. The molecule has 2 aromatic heterocycles. The second kappa shape index (κ2) is 17.4.